The standard InChI is InChI=1S/C22H24N4O/c1-3-4-14-27-20-12-10-18(11-13-20)16-23-26-22-24-17(2)15-21(25-22)19-8-6-5-7-9-19/h5-13,15-16H,3-4,14H2,1-2H3,(H,24,25,26)/b23-16-. The maximum atomic E-state index is 5.66. The van der Waals surface area contributed by atoms with Gasteiger partial charge in [-0.1, -0.05) is 43.7 Å². The van der Waals surface area contributed by atoms with E-state index < -0.39 is 0 Å². The number of hydrazone groups is 1. The Hall–Kier alpha value is -3.21. The highest BCUT2D eigenvalue weighted by Crippen LogP contribution is 2.18. The second kappa shape index (κ2) is 9.48. The van der Waals surface area contributed by atoms with Crippen LogP contribution in [0, 0.1) is 6.92 Å². The molecule has 0 radical (unpaired) electrons. The molecule has 0 saturated heterocycles. The van der Waals surface area contributed by atoms with E-state index in [0.717, 1.165) is 47.7 Å². The minimum absolute atomic E-state index is 0.477. The first-order valence-corrected chi connectivity index (χ1v) is 9.17. The fraction of sp³-hybridized carbons (Fsp3) is 0.227. The Morgan fingerprint density at radius 3 is 2.56 bits per heavy atom. The maximum absolute atomic E-state index is 5.66. The van der Waals surface area contributed by atoms with E-state index in [1.807, 2.05) is 67.6 Å². The van der Waals surface area contributed by atoms with Crippen LogP contribution in [-0.4, -0.2) is 22.8 Å². The smallest absolute Gasteiger partial charge is 0.244 e. The summed E-state index contributed by atoms with van der Waals surface area (Å²) in [6.45, 7) is 4.84. The van der Waals surface area contributed by atoms with Gasteiger partial charge in [-0.15, -0.1) is 0 Å². The van der Waals surface area contributed by atoms with E-state index in [9.17, 15) is 0 Å². The summed E-state index contributed by atoms with van der Waals surface area (Å²) in [7, 11) is 0. The molecule has 2 aromatic carbocycles. The van der Waals surface area contributed by atoms with Crippen LogP contribution in [0.3, 0.4) is 0 Å². The molecule has 0 amide bonds. The summed E-state index contributed by atoms with van der Waals surface area (Å²) in [6, 6.07) is 19.8. The molecule has 0 fully saturated rings. The molecule has 0 aliphatic heterocycles. The molecule has 3 rings (SSSR count). The summed E-state index contributed by atoms with van der Waals surface area (Å²) in [6.07, 6.45) is 3.93. The summed E-state index contributed by atoms with van der Waals surface area (Å²) in [5, 5.41) is 4.25. The number of anilines is 1. The molecule has 1 N–H and O–H groups in total. The van der Waals surface area contributed by atoms with E-state index in [0.29, 0.717) is 5.95 Å². The average molecular weight is 360 g/mol. The maximum Gasteiger partial charge on any atom is 0.244 e. The van der Waals surface area contributed by atoms with Crippen molar-refractivity contribution in [3.8, 4) is 17.0 Å². The van der Waals surface area contributed by atoms with Crippen molar-refractivity contribution >= 4 is 12.2 Å². The minimum Gasteiger partial charge on any atom is -0.494 e. The number of benzene rings is 2. The van der Waals surface area contributed by atoms with Gasteiger partial charge in [0.2, 0.25) is 5.95 Å². The summed E-state index contributed by atoms with van der Waals surface area (Å²) in [5.41, 5.74) is 6.69. The number of nitrogens with zero attached hydrogens (tertiary/aromatic N) is 3. The van der Waals surface area contributed by atoms with Gasteiger partial charge in [-0.3, -0.25) is 0 Å². The Labute approximate surface area is 160 Å². The van der Waals surface area contributed by atoms with Gasteiger partial charge in [-0.2, -0.15) is 5.10 Å². The Bertz CT molecular complexity index is 877. The lowest BCUT2D eigenvalue weighted by molar-refractivity contribution is 0.309. The summed E-state index contributed by atoms with van der Waals surface area (Å²) in [5.74, 6) is 1.35. The van der Waals surface area contributed by atoms with E-state index in [2.05, 4.69) is 27.4 Å². The molecule has 0 atom stereocenters. The minimum atomic E-state index is 0.477. The lowest BCUT2D eigenvalue weighted by Gasteiger charge is -2.06. The van der Waals surface area contributed by atoms with Gasteiger partial charge in [0.15, 0.2) is 0 Å². The Balaban J connectivity index is 1.63. The van der Waals surface area contributed by atoms with Gasteiger partial charge in [0.1, 0.15) is 5.75 Å². The van der Waals surface area contributed by atoms with Crippen molar-refractivity contribution < 1.29 is 4.74 Å². The molecule has 138 valence electrons. The summed E-state index contributed by atoms with van der Waals surface area (Å²) >= 11 is 0. The van der Waals surface area contributed by atoms with E-state index in [1.165, 1.54) is 0 Å². The molecule has 5 nitrogen and oxygen atoms in total. The van der Waals surface area contributed by atoms with Crippen LogP contribution in [0.5, 0.6) is 5.75 Å². The molecule has 5 heteroatoms. The number of aryl methyl sites for hydroxylation is 1. The molecule has 0 bridgehead atoms. The van der Waals surface area contributed by atoms with Crippen molar-refractivity contribution in [2.45, 2.75) is 26.7 Å². The summed E-state index contributed by atoms with van der Waals surface area (Å²) in [4.78, 5) is 8.93. The van der Waals surface area contributed by atoms with Gasteiger partial charge in [-0.05, 0) is 49.2 Å². The highest BCUT2D eigenvalue weighted by Gasteiger charge is 2.03. The zero-order valence-corrected chi connectivity index (χ0v) is 15.7. The largest absolute Gasteiger partial charge is 0.494 e. The van der Waals surface area contributed by atoms with Gasteiger partial charge < -0.3 is 4.74 Å². The lowest BCUT2D eigenvalue weighted by atomic mass is 10.1. The Morgan fingerprint density at radius 1 is 1.04 bits per heavy atom. The van der Waals surface area contributed by atoms with Crippen LogP contribution in [0.1, 0.15) is 31.0 Å². The molecule has 0 spiro atoms. The topological polar surface area (TPSA) is 59.4 Å². The van der Waals surface area contributed by atoms with E-state index in [1.54, 1.807) is 6.21 Å². The van der Waals surface area contributed by atoms with Crippen molar-refractivity contribution in [2.24, 2.45) is 5.10 Å². The van der Waals surface area contributed by atoms with Gasteiger partial charge >= 0.3 is 0 Å². The lowest BCUT2D eigenvalue weighted by Crippen LogP contribution is -2.00. The van der Waals surface area contributed by atoms with Crippen LogP contribution in [0.2, 0.25) is 0 Å². The molecule has 3 aromatic rings. The number of rotatable bonds is 8. The van der Waals surface area contributed by atoms with E-state index >= 15 is 0 Å². The SMILES string of the molecule is CCCCOc1ccc(/C=N\Nc2nc(C)cc(-c3ccccc3)n2)cc1. The Kier molecular flexibility index (Phi) is 6.52. The molecule has 1 aromatic heterocycles. The third-order valence-corrected chi connectivity index (χ3v) is 3.95. The normalized spacial score (nSPS) is 10.9. The first-order chi connectivity index (χ1) is 13.2. The Morgan fingerprint density at radius 2 is 1.81 bits per heavy atom. The van der Waals surface area contributed by atoms with Crippen molar-refractivity contribution in [3.05, 3.63) is 71.9 Å². The molecule has 0 unspecified atom stereocenters. The van der Waals surface area contributed by atoms with Crippen molar-refractivity contribution in [1.29, 1.82) is 0 Å². The molecule has 0 saturated carbocycles. The van der Waals surface area contributed by atoms with Crippen LogP contribution in [-0.2, 0) is 0 Å². The number of unbranched alkanes of at least 4 members (excludes halogenated alkanes) is 1. The quantitative estimate of drug-likeness (QED) is 0.346. The predicted molar refractivity (Wildman–Crippen MR) is 110 cm³/mol. The highest BCUT2D eigenvalue weighted by molar-refractivity contribution is 5.80. The van der Waals surface area contributed by atoms with Crippen molar-refractivity contribution in [3.63, 3.8) is 0 Å². The van der Waals surface area contributed by atoms with E-state index in [-0.39, 0.29) is 0 Å². The monoisotopic (exact) mass is 360 g/mol. The molecule has 0 aliphatic rings. The van der Waals surface area contributed by atoms with Gasteiger partial charge in [0.25, 0.3) is 0 Å². The molecule has 27 heavy (non-hydrogen) atoms. The fourth-order valence-corrected chi connectivity index (χ4v) is 2.52. The number of hydrogen-bond acceptors (Lipinski definition) is 5. The number of nitrogens with one attached hydrogen (secondary N) is 1. The van der Waals surface area contributed by atoms with Crippen molar-refractivity contribution in [1.82, 2.24) is 9.97 Å². The first kappa shape index (κ1) is 18.6. The van der Waals surface area contributed by atoms with Crippen molar-refractivity contribution in [2.75, 3.05) is 12.0 Å². The van der Waals surface area contributed by atoms with Crippen LogP contribution in [0.15, 0.2) is 65.8 Å². The van der Waals surface area contributed by atoms with E-state index in [4.69, 9.17) is 4.74 Å². The number of hydrogen-bond donors (Lipinski definition) is 1. The number of aromatic nitrogens is 2. The second-order valence-electron chi connectivity index (χ2n) is 6.23. The second-order valence-corrected chi connectivity index (χ2v) is 6.23. The molecule has 0 aliphatic carbocycles. The zero-order chi connectivity index (χ0) is 18.9. The highest BCUT2D eigenvalue weighted by atomic mass is 16.5. The molecular formula is C22H24N4O. The third-order valence-electron chi connectivity index (χ3n) is 3.95. The van der Waals surface area contributed by atoms with Crippen LogP contribution < -0.4 is 10.2 Å². The van der Waals surface area contributed by atoms with Gasteiger partial charge in [0, 0.05) is 11.3 Å². The predicted octanol–water partition coefficient (Wildman–Crippen LogP) is 5.08. The zero-order valence-electron chi connectivity index (χ0n) is 15.7. The molecule has 1 heterocycles. The fourth-order valence-electron chi connectivity index (χ4n) is 2.52. The molecular weight excluding hydrogens is 336 g/mol. The number of ether oxygens (including phenoxy) is 1. The average Bonchev–Trinajstić information content (AvgIpc) is 2.70. The van der Waals surface area contributed by atoms with Gasteiger partial charge in [-0.25, -0.2) is 15.4 Å². The third kappa shape index (κ3) is 5.64. The van der Waals surface area contributed by atoms with Crippen LogP contribution in [0.25, 0.3) is 11.3 Å². The van der Waals surface area contributed by atoms with Crippen LogP contribution in [0.4, 0.5) is 5.95 Å². The first-order valence-electron chi connectivity index (χ1n) is 9.17. The van der Waals surface area contributed by atoms with Crippen LogP contribution >= 0.6 is 0 Å². The summed E-state index contributed by atoms with van der Waals surface area (Å²) < 4.78 is 5.66. The van der Waals surface area contributed by atoms with Gasteiger partial charge in [0.05, 0.1) is 18.5 Å².